The van der Waals surface area contributed by atoms with Gasteiger partial charge in [-0.1, -0.05) is 17.7 Å². The van der Waals surface area contributed by atoms with Gasteiger partial charge < -0.3 is 15.1 Å². The average molecular weight is 344 g/mol. The number of carbonyl (C=O) groups excluding carboxylic acids is 1. The number of nitrogens with one attached hydrogen (secondary N) is 1. The van der Waals surface area contributed by atoms with Gasteiger partial charge in [0.15, 0.2) is 0 Å². The third-order valence-electron chi connectivity index (χ3n) is 4.39. The van der Waals surface area contributed by atoms with Crippen molar-refractivity contribution in [1.82, 2.24) is 10.2 Å². The van der Waals surface area contributed by atoms with Gasteiger partial charge >= 0.3 is 0 Å². The standard InChI is InChI=1S/C16H22ClN3O.ClH/c17-13-3-1-5-15(11-13)19-7-9-20(10-8-19)16(21)12-14-4-2-6-18-14;/h1,3,5,11,14,18H,2,4,6-10,12H2;1H. The summed E-state index contributed by atoms with van der Waals surface area (Å²) in [4.78, 5) is 16.6. The van der Waals surface area contributed by atoms with Gasteiger partial charge in [-0.3, -0.25) is 4.79 Å². The first-order chi connectivity index (χ1) is 10.2. The van der Waals surface area contributed by atoms with Crippen LogP contribution in [0.3, 0.4) is 0 Å². The molecule has 0 aliphatic carbocycles. The zero-order chi connectivity index (χ0) is 14.7. The molecule has 2 fully saturated rings. The molecule has 1 amide bonds. The molecule has 4 nitrogen and oxygen atoms in total. The Morgan fingerprint density at radius 3 is 2.68 bits per heavy atom. The van der Waals surface area contributed by atoms with Crippen LogP contribution in [0.15, 0.2) is 24.3 Å². The van der Waals surface area contributed by atoms with Crippen molar-refractivity contribution in [3.8, 4) is 0 Å². The van der Waals surface area contributed by atoms with Crippen LogP contribution >= 0.6 is 24.0 Å². The Morgan fingerprint density at radius 2 is 2.05 bits per heavy atom. The molecular weight excluding hydrogens is 321 g/mol. The third kappa shape index (κ3) is 4.28. The summed E-state index contributed by atoms with van der Waals surface area (Å²) in [6.45, 7) is 4.42. The molecule has 2 saturated heterocycles. The van der Waals surface area contributed by atoms with Gasteiger partial charge in [0.05, 0.1) is 0 Å². The number of piperazine rings is 1. The predicted octanol–water partition coefficient (Wildman–Crippen LogP) is 2.55. The van der Waals surface area contributed by atoms with E-state index in [1.54, 1.807) is 0 Å². The minimum atomic E-state index is 0. The van der Waals surface area contributed by atoms with Crippen molar-refractivity contribution in [2.24, 2.45) is 0 Å². The first kappa shape index (κ1) is 17.4. The van der Waals surface area contributed by atoms with Crippen molar-refractivity contribution < 1.29 is 4.79 Å². The third-order valence-corrected chi connectivity index (χ3v) is 4.62. The number of benzene rings is 1. The molecule has 22 heavy (non-hydrogen) atoms. The van der Waals surface area contributed by atoms with E-state index in [2.05, 4.69) is 16.3 Å². The lowest BCUT2D eigenvalue weighted by Crippen LogP contribution is -2.49. The molecule has 1 aromatic carbocycles. The van der Waals surface area contributed by atoms with Crippen molar-refractivity contribution in [3.63, 3.8) is 0 Å². The summed E-state index contributed by atoms with van der Waals surface area (Å²) >= 11 is 6.04. The lowest BCUT2D eigenvalue weighted by Gasteiger charge is -2.36. The molecule has 2 aliphatic rings. The Balaban J connectivity index is 0.00000176. The van der Waals surface area contributed by atoms with Crippen molar-refractivity contribution >= 4 is 35.6 Å². The molecule has 1 unspecified atom stereocenters. The van der Waals surface area contributed by atoms with Gasteiger partial charge in [-0.25, -0.2) is 0 Å². The van der Waals surface area contributed by atoms with Gasteiger partial charge in [0.2, 0.25) is 5.91 Å². The second-order valence-electron chi connectivity index (χ2n) is 5.85. The van der Waals surface area contributed by atoms with Crippen molar-refractivity contribution in [1.29, 1.82) is 0 Å². The molecular formula is C16H23Cl2N3O. The summed E-state index contributed by atoms with van der Waals surface area (Å²) in [6, 6.07) is 8.32. The fourth-order valence-electron chi connectivity index (χ4n) is 3.16. The number of rotatable bonds is 3. The van der Waals surface area contributed by atoms with Crippen molar-refractivity contribution in [3.05, 3.63) is 29.3 Å². The fourth-order valence-corrected chi connectivity index (χ4v) is 3.34. The highest BCUT2D eigenvalue weighted by Gasteiger charge is 2.24. The first-order valence-electron chi connectivity index (χ1n) is 7.74. The average Bonchev–Trinajstić information content (AvgIpc) is 3.00. The summed E-state index contributed by atoms with van der Waals surface area (Å²) in [6.07, 6.45) is 2.98. The van der Waals surface area contributed by atoms with Crippen LogP contribution in [0, 0.1) is 0 Å². The number of hydrogen-bond acceptors (Lipinski definition) is 3. The summed E-state index contributed by atoms with van der Waals surface area (Å²) in [5.74, 6) is 0.292. The van der Waals surface area contributed by atoms with E-state index in [9.17, 15) is 4.79 Å². The number of anilines is 1. The van der Waals surface area contributed by atoms with E-state index in [-0.39, 0.29) is 12.4 Å². The van der Waals surface area contributed by atoms with Gasteiger partial charge in [-0.2, -0.15) is 0 Å². The molecule has 0 radical (unpaired) electrons. The molecule has 1 N–H and O–H groups in total. The Kier molecular flexibility index (Phi) is 6.36. The first-order valence-corrected chi connectivity index (χ1v) is 8.12. The van der Waals surface area contributed by atoms with Crippen LogP contribution in [0.1, 0.15) is 19.3 Å². The number of nitrogens with zero attached hydrogens (tertiary/aromatic N) is 2. The Morgan fingerprint density at radius 1 is 1.27 bits per heavy atom. The van der Waals surface area contributed by atoms with Crippen LogP contribution in [0.4, 0.5) is 5.69 Å². The summed E-state index contributed by atoms with van der Waals surface area (Å²) in [5.41, 5.74) is 1.15. The van der Waals surface area contributed by atoms with Gasteiger partial charge in [0.25, 0.3) is 0 Å². The quantitative estimate of drug-likeness (QED) is 0.915. The van der Waals surface area contributed by atoms with E-state index in [0.29, 0.717) is 18.4 Å². The van der Waals surface area contributed by atoms with Gasteiger partial charge in [-0.15, -0.1) is 12.4 Å². The smallest absolute Gasteiger partial charge is 0.224 e. The largest absolute Gasteiger partial charge is 0.368 e. The molecule has 2 heterocycles. The van der Waals surface area contributed by atoms with E-state index >= 15 is 0 Å². The summed E-state index contributed by atoms with van der Waals surface area (Å²) < 4.78 is 0. The zero-order valence-electron chi connectivity index (χ0n) is 12.6. The molecule has 0 aromatic heterocycles. The maximum atomic E-state index is 12.3. The predicted molar refractivity (Wildman–Crippen MR) is 93.1 cm³/mol. The van der Waals surface area contributed by atoms with E-state index in [0.717, 1.165) is 49.9 Å². The second-order valence-corrected chi connectivity index (χ2v) is 6.28. The van der Waals surface area contributed by atoms with E-state index in [1.165, 1.54) is 6.42 Å². The lowest BCUT2D eigenvalue weighted by atomic mass is 10.1. The van der Waals surface area contributed by atoms with Crippen LogP contribution < -0.4 is 10.2 Å². The summed E-state index contributed by atoms with van der Waals surface area (Å²) in [7, 11) is 0. The molecule has 0 spiro atoms. The SMILES string of the molecule is Cl.O=C(CC1CCCN1)N1CCN(c2cccc(Cl)c2)CC1. The molecule has 1 atom stereocenters. The Bertz CT molecular complexity index is 498. The number of amides is 1. The van der Waals surface area contributed by atoms with E-state index in [4.69, 9.17) is 11.6 Å². The number of hydrogen-bond donors (Lipinski definition) is 1. The highest BCUT2D eigenvalue weighted by atomic mass is 35.5. The molecule has 3 rings (SSSR count). The molecule has 0 bridgehead atoms. The Hall–Kier alpha value is -0.970. The Labute approximate surface area is 143 Å². The van der Waals surface area contributed by atoms with E-state index < -0.39 is 0 Å². The fraction of sp³-hybridized carbons (Fsp3) is 0.562. The van der Waals surface area contributed by atoms with Gasteiger partial charge in [0, 0.05) is 49.4 Å². The highest BCUT2D eigenvalue weighted by molar-refractivity contribution is 6.30. The maximum Gasteiger partial charge on any atom is 0.224 e. The number of halogens is 2. The topological polar surface area (TPSA) is 35.6 Å². The normalized spacial score (nSPS) is 21.6. The monoisotopic (exact) mass is 343 g/mol. The molecule has 122 valence electrons. The molecule has 2 aliphatic heterocycles. The van der Waals surface area contributed by atoms with Crippen LogP contribution in [0.2, 0.25) is 5.02 Å². The highest BCUT2D eigenvalue weighted by Crippen LogP contribution is 2.21. The van der Waals surface area contributed by atoms with Gasteiger partial charge in [0.1, 0.15) is 0 Å². The molecule has 6 heteroatoms. The van der Waals surface area contributed by atoms with Gasteiger partial charge in [-0.05, 0) is 37.6 Å². The zero-order valence-corrected chi connectivity index (χ0v) is 14.2. The lowest BCUT2D eigenvalue weighted by molar-refractivity contribution is -0.131. The number of carbonyl (C=O) groups is 1. The van der Waals surface area contributed by atoms with Crippen molar-refractivity contribution in [2.75, 3.05) is 37.6 Å². The minimum Gasteiger partial charge on any atom is -0.368 e. The van der Waals surface area contributed by atoms with Crippen LogP contribution in [-0.2, 0) is 4.79 Å². The van der Waals surface area contributed by atoms with Crippen LogP contribution in [0.25, 0.3) is 0 Å². The van der Waals surface area contributed by atoms with Crippen LogP contribution in [0.5, 0.6) is 0 Å². The molecule has 0 saturated carbocycles. The summed E-state index contributed by atoms with van der Waals surface area (Å²) in [5, 5.41) is 4.16. The van der Waals surface area contributed by atoms with Crippen molar-refractivity contribution in [2.45, 2.75) is 25.3 Å². The van der Waals surface area contributed by atoms with Crippen LogP contribution in [-0.4, -0.2) is 49.6 Å². The maximum absolute atomic E-state index is 12.3. The second kappa shape index (κ2) is 8.04. The minimum absolute atomic E-state index is 0. The van der Waals surface area contributed by atoms with E-state index in [1.807, 2.05) is 23.1 Å². The molecule has 1 aromatic rings.